The van der Waals surface area contributed by atoms with Crippen molar-refractivity contribution in [2.75, 3.05) is 20.7 Å². The number of methoxy groups -OCH3 is 1. The highest BCUT2D eigenvalue weighted by molar-refractivity contribution is 7.87. The van der Waals surface area contributed by atoms with Gasteiger partial charge in [0.05, 0.1) is 13.5 Å². The quantitative estimate of drug-likeness (QED) is 0.558. The Morgan fingerprint density at radius 3 is 2.42 bits per heavy atom. The molecule has 0 heterocycles. The summed E-state index contributed by atoms with van der Waals surface area (Å²) in [5.74, 6) is -2.23. The summed E-state index contributed by atoms with van der Waals surface area (Å²) in [6, 6.07) is -1.54. The number of carboxylic acids is 1. The summed E-state index contributed by atoms with van der Waals surface area (Å²) in [7, 11) is -1.49. The van der Waals surface area contributed by atoms with Gasteiger partial charge in [0, 0.05) is 13.6 Å². The molecule has 0 aliphatic carbocycles. The van der Waals surface area contributed by atoms with E-state index < -0.39 is 34.6 Å². The molecule has 8 nitrogen and oxygen atoms in total. The number of nitrogens with zero attached hydrogens (tertiary/aromatic N) is 1. The van der Waals surface area contributed by atoms with Crippen LogP contribution in [-0.2, 0) is 24.5 Å². The van der Waals surface area contributed by atoms with E-state index >= 15 is 0 Å². The fraction of sp³-hybridized carbons (Fsp3) is 0.800. The molecule has 0 bridgehead atoms. The molecule has 0 fully saturated rings. The molecule has 112 valence electrons. The Labute approximate surface area is 112 Å². The number of rotatable bonds is 9. The van der Waals surface area contributed by atoms with Crippen LogP contribution < -0.4 is 4.72 Å². The Bertz CT molecular complexity index is 408. The molecule has 0 rings (SSSR count). The minimum absolute atomic E-state index is 0.274. The monoisotopic (exact) mass is 296 g/mol. The van der Waals surface area contributed by atoms with Crippen LogP contribution >= 0.6 is 0 Å². The first-order chi connectivity index (χ1) is 8.74. The van der Waals surface area contributed by atoms with Crippen LogP contribution in [-0.4, -0.2) is 56.5 Å². The van der Waals surface area contributed by atoms with Gasteiger partial charge in [0.25, 0.3) is 10.2 Å². The molecule has 0 aliphatic rings. The van der Waals surface area contributed by atoms with Gasteiger partial charge in [-0.15, -0.1) is 0 Å². The van der Waals surface area contributed by atoms with Crippen molar-refractivity contribution in [3.05, 3.63) is 0 Å². The molecule has 0 aromatic rings. The van der Waals surface area contributed by atoms with Crippen molar-refractivity contribution < 1.29 is 27.9 Å². The molecule has 0 spiro atoms. The Balaban J connectivity index is 4.73. The first kappa shape index (κ1) is 17.8. The minimum atomic E-state index is -3.94. The van der Waals surface area contributed by atoms with Crippen molar-refractivity contribution in [2.24, 2.45) is 0 Å². The summed E-state index contributed by atoms with van der Waals surface area (Å²) in [6.45, 7) is 2.18. The van der Waals surface area contributed by atoms with E-state index in [4.69, 9.17) is 5.11 Å². The van der Waals surface area contributed by atoms with Crippen molar-refractivity contribution in [1.29, 1.82) is 0 Å². The third-order valence-corrected chi connectivity index (χ3v) is 4.01. The van der Waals surface area contributed by atoms with Gasteiger partial charge in [0.15, 0.2) is 0 Å². The molecule has 19 heavy (non-hydrogen) atoms. The maximum absolute atomic E-state index is 11.8. The summed E-state index contributed by atoms with van der Waals surface area (Å²) < 4.78 is 30.9. The number of hydrogen-bond donors (Lipinski definition) is 2. The topological polar surface area (TPSA) is 113 Å². The first-order valence-electron chi connectivity index (χ1n) is 5.77. The smallest absolute Gasteiger partial charge is 0.322 e. The van der Waals surface area contributed by atoms with Gasteiger partial charge in [0.2, 0.25) is 0 Å². The fourth-order valence-corrected chi connectivity index (χ4v) is 2.29. The van der Waals surface area contributed by atoms with E-state index in [1.165, 1.54) is 7.05 Å². The zero-order chi connectivity index (χ0) is 15.1. The minimum Gasteiger partial charge on any atom is -0.480 e. The van der Waals surface area contributed by atoms with E-state index in [1.807, 2.05) is 11.6 Å². The second-order valence-corrected chi connectivity index (χ2v) is 5.78. The third kappa shape index (κ3) is 6.50. The average molecular weight is 296 g/mol. The van der Waals surface area contributed by atoms with Gasteiger partial charge in [-0.3, -0.25) is 9.59 Å². The second-order valence-electron chi connectivity index (χ2n) is 3.97. The maximum atomic E-state index is 11.8. The molecule has 0 radical (unpaired) electrons. The molecular weight excluding hydrogens is 276 g/mol. The number of aliphatic carboxylic acids is 1. The first-order valence-corrected chi connectivity index (χ1v) is 7.21. The van der Waals surface area contributed by atoms with Crippen molar-refractivity contribution >= 4 is 22.1 Å². The van der Waals surface area contributed by atoms with E-state index in [9.17, 15) is 18.0 Å². The second kappa shape index (κ2) is 8.08. The normalized spacial score (nSPS) is 13.3. The number of nitrogens with one attached hydrogen (secondary N) is 1. The van der Waals surface area contributed by atoms with Crippen LogP contribution in [0.15, 0.2) is 0 Å². The maximum Gasteiger partial charge on any atom is 0.322 e. The molecule has 0 aliphatic heterocycles. The number of esters is 1. The zero-order valence-electron chi connectivity index (χ0n) is 11.2. The van der Waals surface area contributed by atoms with Crippen molar-refractivity contribution in [3.8, 4) is 0 Å². The van der Waals surface area contributed by atoms with Crippen LogP contribution in [0.5, 0.6) is 0 Å². The van der Waals surface area contributed by atoms with Gasteiger partial charge in [-0.2, -0.15) is 17.4 Å². The number of carbonyl (C=O) groups excluding carboxylic acids is 1. The molecular formula is C10H20N2O6S. The third-order valence-electron chi connectivity index (χ3n) is 2.42. The van der Waals surface area contributed by atoms with E-state index in [-0.39, 0.29) is 6.54 Å². The van der Waals surface area contributed by atoms with Gasteiger partial charge < -0.3 is 9.84 Å². The molecule has 0 saturated heterocycles. The molecule has 9 heteroatoms. The number of unbranched alkanes of at least 4 members (excludes halogenated alkanes) is 1. The Hall–Kier alpha value is -1.19. The SMILES string of the molecule is CCCCN(C)S(=O)(=O)N[C@@H](CC(=O)OC)C(=O)O. The van der Waals surface area contributed by atoms with E-state index in [2.05, 4.69) is 4.74 Å². The predicted octanol–water partition coefficient (Wildman–Crippen LogP) is -0.431. The largest absolute Gasteiger partial charge is 0.480 e. The molecule has 0 aromatic heterocycles. The van der Waals surface area contributed by atoms with Crippen LogP contribution in [0, 0.1) is 0 Å². The summed E-state index contributed by atoms with van der Waals surface area (Å²) >= 11 is 0. The standard InChI is InChI=1S/C10H20N2O6S/c1-4-5-6-12(2)19(16,17)11-8(10(14)15)7-9(13)18-3/h8,11H,4-7H2,1-3H3,(H,14,15)/t8-/m0/s1. The average Bonchev–Trinajstić information content (AvgIpc) is 2.34. The van der Waals surface area contributed by atoms with E-state index in [0.717, 1.165) is 17.8 Å². The number of ether oxygens (including phenoxy) is 1. The van der Waals surface area contributed by atoms with Crippen molar-refractivity contribution in [3.63, 3.8) is 0 Å². The molecule has 1 atom stereocenters. The highest BCUT2D eigenvalue weighted by Crippen LogP contribution is 2.03. The lowest BCUT2D eigenvalue weighted by atomic mass is 10.2. The molecule has 2 N–H and O–H groups in total. The lowest BCUT2D eigenvalue weighted by Gasteiger charge is -2.20. The van der Waals surface area contributed by atoms with Gasteiger partial charge in [-0.05, 0) is 6.42 Å². The van der Waals surface area contributed by atoms with Gasteiger partial charge in [-0.25, -0.2) is 0 Å². The highest BCUT2D eigenvalue weighted by atomic mass is 32.2. The molecule has 0 unspecified atom stereocenters. The fourth-order valence-electron chi connectivity index (χ4n) is 1.20. The van der Waals surface area contributed by atoms with Crippen LogP contribution in [0.25, 0.3) is 0 Å². The Kier molecular flexibility index (Phi) is 7.57. The van der Waals surface area contributed by atoms with Crippen LogP contribution in [0.3, 0.4) is 0 Å². The lowest BCUT2D eigenvalue weighted by Crippen LogP contribution is -2.48. The predicted molar refractivity (Wildman–Crippen MR) is 67.7 cm³/mol. The van der Waals surface area contributed by atoms with Gasteiger partial charge in [-0.1, -0.05) is 13.3 Å². The zero-order valence-corrected chi connectivity index (χ0v) is 12.1. The Morgan fingerprint density at radius 1 is 1.42 bits per heavy atom. The Morgan fingerprint density at radius 2 is 2.00 bits per heavy atom. The van der Waals surface area contributed by atoms with Crippen LogP contribution in [0.2, 0.25) is 0 Å². The number of hydrogen-bond acceptors (Lipinski definition) is 5. The van der Waals surface area contributed by atoms with Crippen LogP contribution in [0.1, 0.15) is 26.2 Å². The summed E-state index contributed by atoms with van der Waals surface area (Å²) in [5.41, 5.74) is 0. The highest BCUT2D eigenvalue weighted by Gasteiger charge is 2.29. The number of carboxylic acid groups (broad SMARTS) is 1. The summed E-state index contributed by atoms with van der Waals surface area (Å²) in [6.07, 6.45) is 0.906. The summed E-state index contributed by atoms with van der Waals surface area (Å²) in [4.78, 5) is 21.9. The summed E-state index contributed by atoms with van der Waals surface area (Å²) in [5, 5.41) is 8.89. The lowest BCUT2D eigenvalue weighted by molar-refractivity contribution is -0.147. The molecule has 0 aromatic carbocycles. The van der Waals surface area contributed by atoms with Gasteiger partial charge in [0.1, 0.15) is 6.04 Å². The molecule has 0 amide bonds. The van der Waals surface area contributed by atoms with Crippen LogP contribution in [0.4, 0.5) is 0 Å². The van der Waals surface area contributed by atoms with E-state index in [0.29, 0.717) is 6.42 Å². The number of carbonyl (C=O) groups is 2. The van der Waals surface area contributed by atoms with Crippen molar-refractivity contribution in [1.82, 2.24) is 9.03 Å². The molecule has 0 saturated carbocycles. The van der Waals surface area contributed by atoms with Crippen molar-refractivity contribution in [2.45, 2.75) is 32.2 Å². The van der Waals surface area contributed by atoms with Gasteiger partial charge >= 0.3 is 11.9 Å². The van der Waals surface area contributed by atoms with E-state index in [1.54, 1.807) is 0 Å².